The van der Waals surface area contributed by atoms with E-state index in [-0.39, 0.29) is 12.5 Å². The van der Waals surface area contributed by atoms with Crippen LogP contribution < -0.4 is 5.32 Å². The quantitative estimate of drug-likeness (QED) is 0.0261. The Labute approximate surface area is 499 Å². The molecule has 0 aromatic rings. The normalized spacial score (nSPS) is 18.8. The fraction of sp³-hybridized carbons (Fsp3) is 0.819. The largest absolute Gasteiger partial charge is 0.394 e. The van der Waals surface area contributed by atoms with Gasteiger partial charge in [-0.15, -0.1) is 0 Å². The van der Waals surface area contributed by atoms with Gasteiger partial charge in [0.25, 0.3) is 0 Å². The maximum Gasteiger partial charge on any atom is 0.220 e. The number of aliphatic hydroxyl groups excluding tert-OH is 5. The van der Waals surface area contributed by atoms with Crippen molar-refractivity contribution in [2.45, 2.75) is 365 Å². The third kappa shape index (κ3) is 49.6. The number of hydrogen-bond donors (Lipinski definition) is 6. The van der Waals surface area contributed by atoms with E-state index in [1.807, 2.05) is 0 Å². The van der Waals surface area contributed by atoms with Gasteiger partial charge in [0.2, 0.25) is 5.91 Å². The molecule has 1 heterocycles. The highest BCUT2D eigenvalue weighted by atomic mass is 16.7. The third-order valence-electron chi connectivity index (χ3n) is 16.3. The Balaban J connectivity index is 2.11. The Kier molecular flexibility index (Phi) is 57.5. The molecule has 0 saturated carbocycles. The maximum absolute atomic E-state index is 13.1. The van der Waals surface area contributed by atoms with E-state index < -0.39 is 49.5 Å². The second kappa shape index (κ2) is 60.7. The third-order valence-corrected chi connectivity index (χ3v) is 16.3. The van der Waals surface area contributed by atoms with Crippen molar-refractivity contribution >= 4 is 5.91 Å². The Morgan fingerprint density at radius 3 is 1.14 bits per heavy atom. The highest BCUT2D eigenvalue weighted by molar-refractivity contribution is 5.76. The van der Waals surface area contributed by atoms with Gasteiger partial charge in [-0.25, -0.2) is 0 Å². The summed E-state index contributed by atoms with van der Waals surface area (Å²) in [5.41, 5.74) is 0. The predicted molar refractivity (Wildman–Crippen MR) is 345 cm³/mol. The SMILES string of the molecule is CC/C=C\C/C=C\C/C=C\C/C=C\C/C=C\C/C=C\CCCCCCCCCCCCCCCCCCC(=O)NC(COC1OC(CO)C(O)C(O)C1O)C(O)CCCCCCCCCCCCCCCCCCCCCCCCC. The van der Waals surface area contributed by atoms with Gasteiger partial charge in [0, 0.05) is 6.42 Å². The zero-order valence-electron chi connectivity index (χ0n) is 52.8. The first-order valence-electron chi connectivity index (χ1n) is 34.6. The molecule has 9 heteroatoms. The van der Waals surface area contributed by atoms with Crippen LogP contribution in [-0.2, 0) is 14.3 Å². The molecule has 9 nitrogen and oxygen atoms in total. The van der Waals surface area contributed by atoms with Crippen LogP contribution in [0.15, 0.2) is 72.9 Å². The van der Waals surface area contributed by atoms with Crippen LogP contribution in [0.5, 0.6) is 0 Å². The van der Waals surface area contributed by atoms with Crippen LogP contribution in [0.3, 0.4) is 0 Å². The summed E-state index contributed by atoms with van der Waals surface area (Å²) in [6.07, 6.45) is 78.2. The van der Waals surface area contributed by atoms with Crippen molar-refractivity contribution in [1.29, 1.82) is 0 Å². The Hall–Kier alpha value is -2.37. The summed E-state index contributed by atoms with van der Waals surface area (Å²) in [5.74, 6) is -0.141. The fourth-order valence-corrected chi connectivity index (χ4v) is 10.9. The van der Waals surface area contributed by atoms with Crippen LogP contribution in [0.2, 0.25) is 0 Å². The van der Waals surface area contributed by atoms with E-state index >= 15 is 0 Å². The molecule has 6 N–H and O–H groups in total. The molecule has 1 fully saturated rings. The molecule has 1 amide bonds. The molecule has 0 aliphatic carbocycles. The van der Waals surface area contributed by atoms with E-state index in [0.717, 1.165) is 77.0 Å². The van der Waals surface area contributed by atoms with Gasteiger partial charge in [0.1, 0.15) is 24.4 Å². The lowest BCUT2D eigenvalue weighted by molar-refractivity contribution is -0.302. The molecule has 7 unspecified atom stereocenters. The molecule has 0 bridgehead atoms. The van der Waals surface area contributed by atoms with Crippen molar-refractivity contribution in [3.05, 3.63) is 72.9 Å². The molecule has 0 radical (unpaired) electrons. The van der Waals surface area contributed by atoms with Crippen LogP contribution in [0.1, 0.15) is 322 Å². The fourth-order valence-electron chi connectivity index (χ4n) is 10.9. The Morgan fingerprint density at radius 1 is 0.432 bits per heavy atom. The van der Waals surface area contributed by atoms with E-state index in [9.17, 15) is 30.3 Å². The van der Waals surface area contributed by atoms with Gasteiger partial charge < -0.3 is 40.3 Å². The molecule has 0 aromatic heterocycles. The lowest BCUT2D eigenvalue weighted by Gasteiger charge is -2.40. The second-order valence-electron chi connectivity index (χ2n) is 23.9. The molecule has 1 rings (SSSR count). The average Bonchev–Trinajstić information content (AvgIpc) is 3.48. The van der Waals surface area contributed by atoms with Gasteiger partial charge >= 0.3 is 0 Å². The molecule has 0 spiro atoms. The molecule has 7 atom stereocenters. The summed E-state index contributed by atoms with van der Waals surface area (Å²) in [6.45, 7) is 3.76. The second-order valence-corrected chi connectivity index (χ2v) is 23.9. The number of unbranched alkanes of at least 4 members (excludes halogenated alkanes) is 38. The Morgan fingerprint density at radius 2 is 0.765 bits per heavy atom. The molecule has 1 aliphatic heterocycles. The van der Waals surface area contributed by atoms with Crippen molar-refractivity contribution in [1.82, 2.24) is 5.32 Å². The first-order chi connectivity index (χ1) is 39.8. The monoisotopic (exact) mass is 1140 g/mol. The standard InChI is InChI=1S/C72H131NO8/c1-3-5-7-9-11-13-15-17-19-21-23-25-27-28-29-30-31-32-33-34-35-36-37-38-40-42-44-46-48-50-52-54-56-58-60-62-68(76)73-65(64-80-72-71(79)70(78)69(77)67(63-74)81-72)66(75)61-59-57-55-53-51-49-47-45-43-41-39-26-24-22-20-18-16-14-12-10-8-6-4-2/h5,7,11,13,17,19,23,25,28-29,31-32,65-67,69-72,74-75,77-79H,3-4,6,8-10,12,14-16,18,20-22,24,26-27,30,33-64H2,1-2H3,(H,73,76)/b7-5-,13-11-,19-17-,25-23-,29-28-,32-31-. The highest BCUT2D eigenvalue weighted by Crippen LogP contribution is 2.24. The van der Waals surface area contributed by atoms with Gasteiger partial charge in [-0.1, -0.05) is 324 Å². The average molecular weight is 1140 g/mol. The number of amides is 1. The first-order valence-corrected chi connectivity index (χ1v) is 34.6. The summed E-state index contributed by atoms with van der Waals surface area (Å²) in [6, 6.07) is -0.722. The van der Waals surface area contributed by atoms with Crippen LogP contribution in [0.4, 0.5) is 0 Å². The zero-order valence-corrected chi connectivity index (χ0v) is 52.8. The van der Waals surface area contributed by atoms with E-state index in [2.05, 4.69) is 92.1 Å². The summed E-state index contributed by atoms with van der Waals surface area (Å²) in [5, 5.41) is 54.9. The molecule has 1 saturated heterocycles. The van der Waals surface area contributed by atoms with E-state index in [1.165, 1.54) is 218 Å². The zero-order chi connectivity index (χ0) is 58.6. The number of allylic oxidation sites excluding steroid dienone is 12. The number of hydrogen-bond acceptors (Lipinski definition) is 8. The predicted octanol–water partition coefficient (Wildman–Crippen LogP) is 18.8. The van der Waals surface area contributed by atoms with Gasteiger partial charge in [0.05, 0.1) is 25.4 Å². The topological polar surface area (TPSA) is 149 Å². The maximum atomic E-state index is 13.1. The van der Waals surface area contributed by atoms with Crippen molar-refractivity contribution in [2.75, 3.05) is 13.2 Å². The Bertz CT molecular complexity index is 1510. The summed E-state index contributed by atoms with van der Waals surface area (Å²) >= 11 is 0. The first kappa shape index (κ1) is 76.6. The van der Waals surface area contributed by atoms with Gasteiger partial charge in [-0.2, -0.15) is 0 Å². The van der Waals surface area contributed by atoms with Crippen LogP contribution in [0, 0.1) is 0 Å². The molecule has 1 aliphatic rings. The summed E-state index contributed by atoms with van der Waals surface area (Å²) in [7, 11) is 0. The van der Waals surface area contributed by atoms with Gasteiger partial charge in [-0.05, 0) is 64.2 Å². The van der Waals surface area contributed by atoms with Crippen molar-refractivity contribution < 1.29 is 39.8 Å². The molecular formula is C72H131NO8. The summed E-state index contributed by atoms with van der Waals surface area (Å²) < 4.78 is 11.4. The molecule has 81 heavy (non-hydrogen) atoms. The van der Waals surface area contributed by atoms with Gasteiger partial charge in [0.15, 0.2) is 6.29 Å². The number of carbonyl (C=O) groups excluding carboxylic acids is 1. The van der Waals surface area contributed by atoms with E-state index in [4.69, 9.17) is 9.47 Å². The number of rotatable bonds is 60. The number of nitrogens with one attached hydrogen (secondary N) is 1. The lowest BCUT2D eigenvalue weighted by Crippen LogP contribution is -2.60. The van der Waals surface area contributed by atoms with Crippen molar-refractivity contribution in [3.63, 3.8) is 0 Å². The van der Waals surface area contributed by atoms with Crippen LogP contribution >= 0.6 is 0 Å². The number of aliphatic hydroxyl groups is 5. The minimum atomic E-state index is -1.56. The van der Waals surface area contributed by atoms with Crippen LogP contribution in [0.25, 0.3) is 0 Å². The number of ether oxygens (including phenoxy) is 2. The molecule has 0 aromatic carbocycles. The van der Waals surface area contributed by atoms with Gasteiger partial charge in [-0.3, -0.25) is 4.79 Å². The minimum absolute atomic E-state index is 0.137. The van der Waals surface area contributed by atoms with E-state index in [0.29, 0.717) is 12.8 Å². The smallest absolute Gasteiger partial charge is 0.220 e. The molecule has 472 valence electrons. The van der Waals surface area contributed by atoms with Crippen molar-refractivity contribution in [3.8, 4) is 0 Å². The molecular weight excluding hydrogens is 1010 g/mol. The van der Waals surface area contributed by atoms with Crippen molar-refractivity contribution in [2.24, 2.45) is 0 Å². The highest BCUT2D eigenvalue weighted by Gasteiger charge is 2.44. The summed E-state index contributed by atoms with van der Waals surface area (Å²) in [4.78, 5) is 13.1. The van der Waals surface area contributed by atoms with Crippen LogP contribution in [-0.4, -0.2) is 87.5 Å². The minimum Gasteiger partial charge on any atom is -0.394 e. The lowest BCUT2D eigenvalue weighted by atomic mass is 9.99. The number of carbonyl (C=O) groups is 1. The van der Waals surface area contributed by atoms with E-state index in [1.54, 1.807) is 0 Å².